The second kappa shape index (κ2) is 9.10. The number of rotatable bonds is 8. The molecule has 1 aliphatic heterocycles. The van der Waals surface area contributed by atoms with Crippen molar-refractivity contribution in [3.63, 3.8) is 0 Å². The number of aliphatic hydroxyl groups excluding tert-OH is 1. The zero-order valence-electron chi connectivity index (χ0n) is 13.7. The lowest BCUT2D eigenvalue weighted by atomic mass is 10.1. The molecule has 0 aliphatic carbocycles. The molecule has 1 heterocycles. The highest BCUT2D eigenvalue weighted by molar-refractivity contribution is 5.28. The van der Waals surface area contributed by atoms with Gasteiger partial charge in [-0.25, -0.2) is 0 Å². The molecule has 1 aromatic carbocycles. The zero-order valence-corrected chi connectivity index (χ0v) is 13.7. The third-order valence-corrected chi connectivity index (χ3v) is 4.15. The van der Waals surface area contributed by atoms with Gasteiger partial charge in [0.1, 0.15) is 5.75 Å². The summed E-state index contributed by atoms with van der Waals surface area (Å²) < 4.78 is 10.5. The lowest BCUT2D eigenvalue weighted by Crippen LogP contribution is -2.48. The van der Waals surface area contributed by atoms with Crippen LogP contribution in [0.2, 0.25) is 0 Å². The minimum atomic E-state index is -0.444. The van der Waals surface area contributed by atoms with Crippen LogP contribution in [-0.4, -0.2) is 74.5 Å². The second-order valence-corrected chi connectivity index (χ2v) is 5.63. The summed E-state index contributed by atoms with van der Waals surface area (Å²) in [7, 11) is 1.65. The van der Waals surface area contributed by atoms with Crippen LogP contribution in [0.5, 0.6) is 5.75 Å². The third kappa shape index (κ3) is 5.25. The van der Waals surface area contributed by atoms with Gasteiger partial charge >= 0.3 is 0 Å². The van der Waals surface area contributed by atoms with E-state index in [1.807, 2.05) is 31.2 Å². The molecule has 1 aromatic rings. The number of nitrogens with zero attached hydrogens (tertiary/aromatic N) is 2. The fourth-order valence-corrected chi connectivity index (χ4v) is 2.71. The molecule has 0 spiro atoms. The van der Waals surface area contributed by atoms with Gasteiger partial charge in [0.15, 0.2) is 0 Å². The first-order valence-corrected chi connectivity index (χ1v) is 8.07. The van der Waals surface area contributed by atoms with E-state index in [9.17, 15) is 5.11 Å². The quantitative estimate of drug-likeness (QED) is 0.735. The summed E-state index contributed by atoms with van der Waals surface area (Å²) in [6, 6.07) is 7.65. The molecule has 1 fully saturated rings. The number of hydrogen-bond acceptors (Lipinski definition) is 5. The molecule has 124 valence electrons. The minimum Gasteiger partial charge on any atom is -0.497 e. The van der Waals surface area contributed by atoms with E-state index in [0.29, 0.717) is 6.54 Å². The molecule has 22 heavy (non-hydrogen) atoms. The summed E-state index contributed by atoms with van der Waals surface area (Å²) >= 11 is 0. The molecule has 0 bridgehead atoms. The average molecular weight is 308 g/mol. The van der Waals surface area contributed by atoms with E-state index in [1.54, 1.807) is 7.11 Å². The van der Waals surface area contributed by atoms with Gasteiger partial charge < -0.3 is 14.6 Å². The lowest BCUT2D eigenvalue weighted by molar-refractivity contribution is 0.0550. The van der Waals surface area contributed by atoms with Crippen molar-refractivity contribution in [2.24, 2.45) is 0 Å². The van der Waals surface area contributed by atoms with Crippen molar-refractivity contribution in [3.05, 3.63) is 29.8 Å². The molecule has 0 amide bonds. The highest BCUT2D eigenvalue weighted by atomic mass is 16.5. The summed E-state index contributed by atoms with van der Waals surface area (Å²) in [5.74, 6) is 0.818. The molecule has 1 atom stereocenters. The van der Waals surface area contributed by atoms with Gasteiger partial charge in [-0.15, -0.1) is 0 Å². The first kappa shape index (κ1) is 17.2. The molecule has 1 aliphatic rings. The Kier molecular flexibility index (Phi) is 7.12. The van der Waals surface area contributed by atoms with E-state index < -0.39 is 6.10 Å². The summed E-state index contributed by atoms with van der Waals surface area (Å²) in [5.41, 5.74) is 0.944. The summed E-state index contributed by atoms with van der Waals surface area (Å²) in [4.78, 5) is 4.75. The van der Waals surface area contributed by atoms with E-state index in [1.165, 1.54) is 0 Å². The molecule has 2 rings (SSSR count). The molecule has 5 heteroatoms. The average Bonchev–Trinajstić information content (AvgIpc) is 2.57. The second-order valence-electron chi connectivity index (χ2n) is 5.63. The van der Waals surface area contributed by atoms with Gasteiger partial charge in [-0.3, -0.25) is 9.80 Å². The Hall–Kier alpha value is -1.14. The fourth-order valence-electron chi connectivity index (χ4n) is 2.71. The molecule has 5 nitrogen and oxygen atoms in total. The van der Waals surface area contributed by atoms with Crippen molar-refractivity contribution in [1.29, 1.82) is 0 Å². The van der Waals surface area contributed by atoms with Gasteiger partial charge in [0.2, 0.25) is 0 Å². The van der Waals surface area contributed by atoms with E-state index in [-0.39, 0.29) is 0 Å². The van der Waals surface area contributed by atoms with Gasteiger partial charge in [-0.05, 0) is 24.6 Å². The van der Waals surface area contributed by atoms with E-state index in [0.717, 1.165) is 57.3 Å². The summed E-state index contributed by atoms with van der Waals surface area (Å²) in [5, 5.41) is 10.4. The Labute approximate surface area is 133 Å². The highest BCUT2D eigenvalue weighted by Gasteiger charge is 2.19. The Bertz CT molecular complexity index is 416. The zero-order chi connectivity index (χ0) is 15.8. The van der Waals surface area contributed by atoms with Crippen molar-refractivity contribution in [2.75, 3.05) is 59.6 Å². The van der Waals surface area contributed by atoms with Crippen LogP contribution in [-0.2, 0) is 4.74 Å². The van der Waals surface area contributed by atoms with Crippen molar-refractivity contribution < 1.29 is 14.6 Å². The predicted octanol–water partition coefficient (Wildman–Crippen LogP) is 1.38. The predicted molar refractivity (Wildman–Crippen MR) is 87.3 cm³/mol. The van der Waals surface area contributed by atoms with Crippen LogP contribution in [0, 0.1) is 0 Å². The van der Waals surface area contributed by atoms with Crippen LogP contribution in [0.4, 0.5) is 0 Å². The first-order chi connectivity index (χ1) is 10.7. The molecular formula is C17H28N2O3. The Morgan fingerprint density at radius 3 is 2.32 bits per heavy atom. The van der Waals surface area contributed by atoms with E-state index in [4.69, 9.17) is 9.47 Å². The lowest BCUT2D eigenvalue weighted by Gasteiger charge is -2.35. The topological polar surface area (TPSA) is 45.2 Å². The van der Waals surface area contributed by atoms with Crippen molar-refractivity contribution in [3.8, 4) is 5.75 Å². The molecule has 1 N–H and O–H groups in total. The number of piperazine rings is 1. The van der Waals surface area contributed by atoms with Crippen LogP contribution in [0.15, 0.2) is 24.3 Å². The van der Waals surface area contributed by atoms with Crippen molar-refractivity contribution >= 4 is 0 Å². The smallest absolute Gasteiger partial charge is 0.118 e. The summed E-state index contributed by atoms with van der Waals surface area (Å²) in [6.07, 6.45) is -0.444. The first-order valence-electron chi connectivity index (χ1n) is 8.07. The monoisotopic (exact) mass is 308 g/mol. The molecule has 0 saturated carbocycles. The third-order valence-electron chi connectivity index (χ3n) is 4.15. The fraction of sp³-hybridized carbons (Fsp3) is 0.647. The number of benzene rings is 1. The maximum atomic E-state index is 10.4. The minimum absolute atomic E-state index is 0.444. The van der Waals surface area contributed by atoms with E-state index >= 15 is 0 Å². The number of methoxy groups -OCH3 is 1. The standard InChI is InChI=1S/C17H28N2O3/c1-3-22-13-12-18-8-10-19(11-9-18)14-17(20)15-4-6-16(21-2)7-5-15/h4-7,17,20H,3,8-14H2,1-2H3/t17-/m1/s1. The molecular weight excluding hydrogens is 280 g/mol. The molecule has 0 radical (unpaired) electrons. The molecule has 0 unspecified atom stereocenters. The van der Waals surface area contributed by atoms with Gasteiger partial charge in [0, 0.05) is 45.9 Å². The molecule has 1 saturated heterocycles. The van der Waals surface area contributed by atoms with Gasteiger partial charge in [0.25, 0.3) is 0 Å². The van der Waals surface area contributed by atoms with Crippen LogP contribution in [0.3, 0.4) is 0 Å². The summed E-state index contributed by atoms with van der Waals surface area (Å²) in [6.45, 7) is 9.40. The number of hydrogen-bond donors (Lipinski definition) is 1. The number of β-amino-alcohol motifs (C(OH)–C–C–N with tert-alkyl or cyclic N) is 1. The van der Waals surface area contributed by atoms with Crippen LogP contribution < -0.4 is 4.74 Å². The van der Waals surface area contributed by atoms with Crippen molar-refractivity contribution in [2.45, 2.75) is 13.0 Å². The molecule has 0 aromatic heterocycles. The van der Waals surface area contributed by atoms with Crippen molar-refractivity contribution in [1.82, 2.24) is 9.80 Å². The van der Waals surface area contributed by atoms with Gasteiger partial charge in [0.05, 0.1) is 19.8 Å². The maximum absolute atomic E-state index is 10.4. The SMILES string of the molecule is CCOCCN1CCN(C[C@@H](O)c2ccc(OC)cc2)CC1. The van der Waals surface area contributed by atoms with Crippen LogP contribution >= 0.6 is 0 Å². The van der Waals surface area contributed by atoms with Gasteiger partial charge in [-0.1, -0.05) is 12.1 Å². The number of aliphatic hydroxyl groups is 1. The normalized spacial score (nSPS) is 18.3. The number of ether oxygens (including phenoxy) is 2. The Balaban J connectivity index is 1.72. The highest BCUT2D eigenvalue weighted by Crippen LogP contribution is 2.19. The largest absolute Gasteiger partial charge is 0.497 e. The van der Waals surface area contributed by atoms with Gasteiger partial charge in [-0.2, -0.15) is 0 Å². The van der Waals surface area contributed by atoms with Crippen LogP contribution in [0.1, 0.15) is 18.6 Å². The Morgan fingerprint density at radius 2 is 1.73 bits per heavy atom. The maximum Gasteiger partial charge on any atom is 0.118 e. The Morgan fingerprint density at radius 1 is 1.09 bits per heavy atom. The van der Waals surface area contributed by atoms with E-state index in [2.05, 4.69) is 9.80 Å². The van der Waals surface area contributed by atoms with Crippen LogP contribution in [0.25, 0.3) is 0 Å².